The van der Waals surface area contributed by atoms with E-state index in [4.69, 9.17) is 28.9 Å². The highest BCUT2D eigenvalue weighted by molar-refractivity contribution is 7.89. The van der Waals surface area contributed by atoms with Crippen LogP contribution in [0.4, 0.5) is 5.69 Å². The van der Waals surface area contributed by atoms with Crippen LogP contribution >= 0.6 is 23.2 Å². The van der Waals surface area contributed by atoms with Crippen molar-refractivity contribution in [2.24, 2.45) is 0 Å². The monoisotopic (exact) mass is 350 g/mol. The Morgan fingerprint density at radius 2 is 1.57 bits per heavy atom. The van der Waals surface area contributed by atoms with E-state index >= 15 is 0 Å². The fourth-order valence-electron chi connectivity index (χ4n) is 2.79. The molecule has 1 saturated carbocycles. The second-order valence-electron chi connectivity index (χ2n) is 5.48. The Morgan fingerprint density at radius 1 is 1.10 bits per heavy atom. The highest BCUT2D eigenvalue weighted by Crippen LogP contribution is 2.35. The summed E-state index contributed by atoms with van der Waals surface area (Å²) in [7, 11) is -2.11. The molecule has 2 rings (SSSR count). The molecule has 1 aliphatic rings. The predicted octanol–water partition coefficient (Wildman–Crippen LogP) is 3.92. The fourth-order valence-corrected chi connectivity index (χ4v) is 5.38. The molecule has 21 heavy (non-hydrogen) atoms. The van der Waals surface area contributed by atoms with Crippen LogP contribution in [0.15, 0.2) is 17.0 Å². The Balaban J connectivity index is 2.37. The van der Waals surface area contributed by atoms with Gasteiger partial charge in [-0.15, -0.1) is 0 Å². The number of nitrogen functional groups attached to an aromatic ring is 1. The van der Waals surface area contributed by atoms with Gasteiger partial charge in [-0.25, -0.2) is 8.42 Å². The summed E-state index contributed by atoms with van der Waals surface area (Å²) < 4.78 is 27.0. The normalized spacial score (nSPS) is 17.9. The van der Waals surface area contributed by atoms with Gasteiger partial charge in [0.1, 0.15) is 4.90 Å². The van der Waals surface area contributed by atoms with Crippen molar-refractivity contribution >= 4 is 38.9 Å². The molecule has 0 amide bonds. The smallest absolute Gasteiger partial charge is 0.246 e. The van der Waals surface area contributed by atoms with Crippen LogP contribution in [0.25, 0.3) is 0 Å². The van der Waals surface area contributed by atoms with Gasteiger partial charge in [-0.3, -0.25) is 0 Å². The van der Waals surface area contributed by atoms with Crippen LogP contribution in [-0.4, -0.2) is 25.8 Å². The largest absolute Gasteiger partial charge is 0.399 e. The third kappa shape index (κ3) is 3.65. The van der Waals surface area contributed by atoms with E-state index in [1.807, 2.05) is 0 Å². The minimum absolute atomic E-state index is 0.00202. The van der Waals surface area contributed by atoms with E-state index in [9.17, 15) is 8.42 Å². The van der Waals surface area contributed by atoms with Crippen LogP contribution in [0.5, 0.6) is 0 Å². The Kier molecular flexibility index (Phi) is 5.41. The molecule has 1 aliphatic carbocycles. The molecule has 4 nitrogen and oxygen atoms in total. The third-order valence-electron chi connectivity index (χ3n) is 4.00. The predicted molar refractivity (Wildman–Crippen MR) is 87.3 cm³/mol. The van der Waals surface area contributed by atoms with Crippen LogP contribution in [0.3, 0.4) is 0 Å². The quantitative estimate of drug-likeness (QED) is 0.663. The van der Waals surface area contributed by atoms with Gasteiger partial charge < -0.3 is 5.73 Å². The van der Waals surface area contributed by atoms with Crippen molar-refractivity contribution in [3.05, 3.63) is 22.2 Å². The van der Waals surface area contributed by atoms with Crippen molar-refractivity contribution in [1.82, 2.24) is 4.31 Å². The van der Waals surface area contributed by atoms with E-state index in [2.05, 4.69) is 0 Å². The van der Waals surface area contributed by atoms with Crippen LogP contribution in [0.1, 0.15) is 38.5 Å². The molecule has 2 N–H and O–H groups in total. The molecular formula is C14H20Cl2N2O2S. The zero-order chi connectivity index (χ0) is 15.6. The average Bonchev–Trinajstić information content (AvgIpc) is 2.64. The van der Waals surface area contributed by atoms with Gasteiger partial charge in [0.15, 0.2) is 0 Å². The molecule has 0 saturated heterocycles. The van der Waals surface area contributed by atoms with Gasteiger partial charge in [-0.2, -0.15) is 4.31 Å². The average molecular weight is 351 g/mol. The highest BCUT2D eigenvalue weighted by atomic mass is 35.5. The molecule has 0 radical (unpaired) electrons. The SMILES string of the molecule is CN(C1CCCCCC1)S(=O)(=O)c1c(Cl)cc(N)cc1Cl. The van der Waals surface area contributed by atoms with Gasteiger partial charge in [0.05, 0.1) is 10.0 Å². The summed E-state index contributed by atoms with van der Waals surface area (Å²) >= 11 is 12.1. The molecule has 0 aliphatic heterocycles. The summed E-state index contributed by atoms with van der Waals surface area (Å²) in [6, 6.07) is 2.84. The van der Waals surface area contributed by atoms with Gasteiger partial charge in [0.25, 0.3) is 0 Å². The lowest BCUT2D eigenvalue weighted by atomic mass is 10.1. The first kappa shape index (κ1) is 16.9. The first-order valence-electron chi connectivity index (χ1n) is 7.06. The first-order chi connectivity index (χ1) is 9.84. The first-order valence-corrected chi connectivity index (χ1v) is 9.26. The van der Waals surface area contributed by atoms with Gasteiger partial charge in [0.2, 0.25) is 10.0 Å². The minimum Gasteiger partial charge on any atom is -0.399 e. The van der Waals surface area contributed by atoms with Crippen molar-refractivity contribution in [3.8, 4) is 0 Å². The van der Waals surface area contributed by atoms with Crippen LogP contribution in [0.2, 0.25) is 10.0 Å². The van der Waals surface area contributed by atoms with Crippen molar-refractivity contribution in [3.63, 3.8) is 0 Å². The maximum Gasteiger partial charge on any atom is 0.246 e. The summed E-state index contributed by atoms with van der Waals surface area (Å²) in [5.74, 6) is 0. The number of rotatable bonds is 3. The van der Waals surface area contributed by atoms with E-state index in [0.717, 1.165) is 38.5 Å². The Hall–Kier alpha value is -0.490. The van der Waals surface area contributed by atoms with Crippen molar-refractivity contribution in [2.75, 3.05) is 12.8 Å². The van der Waals surface area contributed by atoms with Crippen LogP contribution in [0, 0.1) is 0 Å². The number of nitrogens with zero attached hydrogens (tertiary/aromatic N) is 1. The zero-order valence-corrected chi connectivity index (χ0v) is 14.3. The number of sulfonamides is 1. The molecular weight excluding hydrogens is 331 g/mol. The minimum atomic E-state index is -3.72. The lowest BCUT2D eigenvalue weighted by molar-refractivity contribution is 0.336. The highest BCUT2D eigenvalue weighted by Gasteiger charge is 2.32. The summed E-state index contributed by atoms with van der Waals surface area (Å²) in [4.78, 5) is -0.0493. The van der Waals surface area contributed by atoms with E-state index in [1.54, 1.807) is 7.05 Å². The van der Waals surface area contributed by atoms with Gasteiger partial charge in [0, 0.05) is 18.8 Å². The maximum absolute atomic E-state index is 12.8. The van der Waals surface area contributed by atoms with E-state index < -0.39 is 10.0 Å². The second kappa shape index (κ2) is 6.73. The molecule has 118 valence electrons. The van der Waals surface area contributed by atoms with Crippen LogP contribution < -0.4 is 5.73 Å². The van der Waals surface area contributed by atoms with Crippen LogP contribution in [-0.2, 0) is 10.0 Å². The van der Waals surface area contributed by atoms with E-state index in [1.165, 1.54) is 16.4 Å². The summed E-state index contributed by atoms with van der Waals surface area (Å²) in [5.41, 5.74) is 5.98. The van der Waals surface area contributed by atoms with Crippen molar-refractivity contribution in [1.29, 1.82) is 0 Å². The maximum atomic E-state index is 12.8. The number of anilines is 1. The third-order valence-corrected chi connectivity index (χ3v) is 6.83. The molecule has 0 spiro atoms. The number of halogens is 2. The molecule has 1 aromatic carbocycles. The molecule has 0 atom stereocenters. The fraction of sp³-hybridized carbons (Fsp3) is 0.571. The van der Waals surface area contributed by atoms with Crippen molar-refractivity contribution < 1.29 is 8.42 Å². The van der Waals surface area contributed by atoms with E-state index in [-0.39, 0.29) is 21.0 Å². The van der Waals surface area contributed by atoms with Gasteiger partial charge in [-0.1, -0.05) is 48.9 Å². The number of nitrogens with two attached hydrogens (primary N) is 1. The molecule has 0 aromatic heterocycles. The molecule has 1 fully saturated rings. The molecule has 0 unspecified atom stereocenters. The Morgan fingerprint density at radius 3 is 2.05 bits per heavy atom. The summed E-state index contributed by atoms with van der Waals surface area (Å²) in [6.45, 7) is 0. The molecule has 1 aromatic rings. The Bertz CT molecular complexity index is 588. The molecule has 7 heteroatoms. The second-order valence-corrected chi connectivity index (χ2v) is 8.23. The summed E-state index contributed by atoms with van der Waals surface area (Å²) in [5, 5.41) is 0.140. The number of benzene rings is 1. The standard InChI is InChI=1S/C14H20Cl2N2O2S/c1-18(11-6-4-2-3-5-7-11)21(19,20)14-12(15)8-10(17)9-13(14)16/h8-9,11H,2-7,17H2,1H3. The topological polar surface area (TPSA) is 63.4 Å². The summed E-state index contributed by atoms with van der Waals surface area (Å²) in [6.07, 6.45) is 6.17. The molecule has 0 bridgehead atoms. The lowest BCUT2D eigenvalue weighted by Crippen LogP contribution is -2.37. The Labute approximate surface area is 136 Å². The lowest BCUT2D eigenvalue weighted by Gasteiger charge is -2.27. The van der Waals surface area contributed by atoms with Gasteiger partial charge in [-0.05, 0) is 25.0 Å². The van der Waals surface area contributed by atoms with E-state index in [0.29, 0.717) is 5.69 Å². The zero-order valence-electron chi connectivity index (χ0n) is 12.0. The molecule has 0 heterocycles. The number of hydrogen-bond donors (Lipinski definition) is 1. The van der Waals surface area contributed by atoms with Crippen molar-refractivity contribution in [2.45, 2.75) is 49.5 Å². The van der Waals surface area contributed by atoms with Gasteiger partial charge >= 0.3 is 0 Å². The number of hydrogen-bond acceptors (Lipinski definition) is 3.